The Morgan fingerprint density at radius 2 is 1.60 bits per heavy atom. The second-order valence-corrected chi connectivity index (χ2v) is 35.9. The van der Waals surface area contributed by atoms with Crippen LogP contribution >= 0.6 is 15.9 Å². The van der Waals surface area contributed by atoms with Gasteiger partial charge in [0.25, 0.3) is 0 Å². The van der Waals surface area contributed by atoms with E-state index < -0.39 is 6.51 Å². The minimum absolute atomic E-state index is 0.765. The molecule has 0 bridgehead atoms. The molecule has 0 amide bonds. The van der Waals surface area contributed by atoms with Crippen molar-refractivity contribution in [3.05, 3.63) is 34.3 Å². The van der Waals surface area contributed by atoms with Crippen LogP contribution < -0.4 is 0 Å². The van der Waals surface area contributed by atoms with Crippen LogP contribution in [-0.2, 0) is 6.51 Å². The first kappa shape index (κ1) is 7.87. The zero-order chi connectivity index (χ0) is 12.4. The van der Waals surface area contributed by atoms with Gasteiger partial charge in [0.2, 0.25) is 0 Å². The SMILES string of the molecule is Brc1cccc(C#C[C]23[CH]4[CH]5[CH]6[CH]2[Fe]56432789[CH]3[CH]2[CH]7[CH]8[CH]39)c1. The fourth-order valence-corrected chi connectivity index (χ4v) is 90.6. The molecule has 0 aliphatic carbocycles. The van der Waals surface area contributed by atoms with Gasteiger partial charge in [-0.3, -0.25) is 0 Å². The van der Waals surface area contributed by atoms with Crippen LogP contribution in [0.2, 0.25) is 47.7 Å². The molecule has 0 saturated carbocycles. The van der Waals surface area contributed by atoms with Gasteiger partial charge >= 0.3 is 116 Å². The first-order valence-electron chi connectivity index (χ1n) is 8.02. The first-order chi connectivity index (χ1) is 9.52. The van der Waals surface area contributed by atoms with E-state index in [9.17, 15) is 0 Å². The molecule has 1 aromatic rings. The molecule has 10 aliphatic heterocycles. The van der Waals surface area contributed by atoms with Gasteiger partial charge in [0, 0.05) is 0 Å². The zero-order valence-electron chi connectivity index (χ0n) is 10.7. The number of fused-ring (bicyclic) bond motifs is 10. The Hall–Kier alpha value is -0.221. The van der Waals surface area contributed by atoms with Crippen LogP contribution in [0.1, 0.15) is 5.56 Å². The van der Waals surface area contributed by atoms with Gasteiger partial charge in [-0.15, -0.1) is 0 Å². The monoisotopic (exact) mass is 364 g/mol. The Bertz CT molecular complexity index is 1220. The van der Waals surface area contributed by atoms with Gasteiger partial charge in [0.15, 0.2) is 0 Å². The molecule has 10 aliphatic rings. The molecule has 2 heteroatoms. The molecule has 100 valence electrons. The fraction of sp³-hybridized carbons (Fsp3) is 0.556. The van der Waals surface area contributed by atoms with E-state index in [2.05, 4.69) is 52.0 Å². The minimum atomic E-state index is -2.92. The molecule has 11 rings (SSSR count). The quantitative estimate of drug-likeness (QED) is 0.417. The molecule has 0 aromatic heterocycles. The maximum absolute atomic E-state index is 4.04. The van der Waals surface area contributed by atoms with Crippen LogP contribution in [0.25, 0.3) is 0 Å². The van der Waals surface area contributed by atoms with Gasteiger partial charge in [0.1, 0.15) is 0 Å². The molecular formula is C18H13BrFe. The Balaban J connectivity index is 1.34. The third-order valence-electron chi connectivity index (χ3n) is 15.9. The van der Waals surface area contributed by atoms with Crippen molar-refractivity contribution >= 4 is 15.9 Å². The van der Waals surface area contributed by atoms with Gasteiger partial charge in [-0.2, -0.15) is 0 Å². The van der Waals surface area contributed by atoms with Gasteiger partial charge in [-0.1, -0.05) is 0 Å². The van der Waals surface area contributed by atoms with Crippen LogP contribution in [-0.4, -0.2) is 0 Å². The maximum atomic E-state index is 4.04. The summed E-state index contributed by atoms with van der Waals surface area (Å²) >= 11 is 3.58. The van der Waals surface area contributed by atoms with E-state index in [0.29, 0.717) is 0 Å². The Kier molecular flexibility index (Phi) is 0.290. The summed E-state index contributed by atoms with van der Waals surface area (Å²) in [6.07, 6.45) is 0. The molecule has 10 saturated heterocycles. The number of benzene rings is 1. The molecule has 10 heterocycles. The van der Waals surface area contributed by atoms with Crippen molar-refractivity contribution < 1.29 is 6.51 Å². The molecule has 10 fully saturated rings. The zero-order valence-corrected chi connectivity index (χ0v) is 13.4. The average molecular weight is 365 g/mol. The molecule has 0 nitrogen and oxygen atoms in total. The summed E-state index contributed by atoms with van der Waals surface area (Å²) in [6, 6.07) is 8.64. The number of hydrogen-bond acceptors (Lipinski definition) is 0. The van der Waals surface area contributed by atoms with E-state index in [-0.39, 0.29) is 0 Å². The van der Waals surface area contributed by atoms with Crippen molar-refractivity contribution in [1.82, 2.24) is 0 Å². The first-order valence-corrected chi connectivity index (χ1v) is 15.1. The standard InChI is InChI=1S/C13H8Br.C5H5.Fe/c14-13-7-3-6-12(10-13)9-8-11-4-1-2-5-11;1-2-4-5-3-1;/h1-7,10H;1-5H;. The molecule has 20 heavy (non-hydrogen) atoms. The molecule has 0 radical (unpaired) electrons. The fourth-order valence-electron chi connectivity index (χ4n) is 17.2. The van der Waals surface area contributed by atoms with Crippen molar-refractivity contribution in [3.63, 3.8) is 0 Å². The summed E-state index contributed by atoms with van der Waals surface area (Å²) in [4.78, 5) is 12.4. The van der Waals surface area contributed by atoms with Crippen molar-refractivity contribution in [2.24, 2.45) is 0 Å². The van der Waals surface area contributed by atoms with Gasteiger partial charge in [-0.05, 0) is 0 Å². The summed E-state index contributed by atoms with van der Waals surface area (Å²) in [5, 5.41) is 0. The topological polar surface area (TPSA) is 0 Å². The summed E-state index contributed by atoms with van der Waals surface area (Å²) in [6.45, 7) is -2.92. The van der Waals surface area contributed by atoms with Crippen molar-refractivity contribution in [1.29, 1.82) is 0 Å². The van der Waals surface area contributed by atoms with Gasteiger partial charge < -0.3 is 0 Å². The Morgan fingerprint density at radius 1 is 0.950 bits per heavy atom. The average Bonchev–Trinajstić information content (AvgIpc) is 3.38. The third kappa shape index (κ3) is 0.0956. The molecule has 4 unspecified atom stereocenters. The Labute approximate surface area is 116 Å². The van der Waals surface area contributed by atoms with E-state index in [0.717, 1.165) is 4.31 Å². The number of hydrogen-bond donors (Lipinski definition) is 0. The van der Waals surface area contributed by atoms with Crippen molar-refractivity contribution in [2.45, 2.75) is 47.7 Å². The Morgan fingerprint density at radius 3 is 2.05 bits per heavy atom. The molecule has 4 atom stereocenters. The van der Waals surface area contributed by atoms with Crippen LogP contribution in [0, 0.1) is 11.8 Å². The van der Waals surface area contributed by atoms with E-state index in [4.69, 9.17) is 0 Å². The third-order valence-corrected chi connectivity index (χ3v) is 58.6. The molecule has 1 spiro atoms. The van der Waals surface area contributed by atoms with Crippen molar-refractivity contribution in [3.8, 4) is 11.8 Å². The van der Waals surface area contributed by atoms with E-state index in [1.807, 2.05) is 0 Å². The van der Waals surface area contributed by atoms with E-state index >= 15 is 0 Å². The predicted octanol–water partition coefficient (Wildman–Crippen LogP) is 5.56. The number of rotatable bonds is 0. The van der Waals surface area contributed by atoms with Gasteiger partial charge in [-0.25, -0.2) is 0 Å². The number of halogens is 1. The van der Waals surface area contributed by atoms with E-state index in [1.54, 1.807) is 0 Å². The van der Waals surface area contributed by atoms with Crippen LogP contribution in [0.15, 0.2) is 28.7 Å². The van der Waals surface area contributed by atoms with Crippen LogP contribution in [0.5, 0.6) is 0 Å². The summed E-state index contributed by atoms with van der Waals surface area (Å²) in [5.41, 5.74) is 1.25. The molecular weight excluding hydrogens is 352 g/mol. The van der Waals surface area contributed by atoms with E-state index in [1.165, 1.54) is 53.4 Å². The van der Waals surface area contributed by atoms with Gasteiger partial charge in [0.05, 0.1) is 0 Å². The normalized spacial score (nSPS) is 102. The van der Waals surface area contributed by atoms with Crippen molar-refractivity contribution in [2.75, 3.05) is 0 Å². The second-order valence-electron chi connectivity index (χ2n) is 11.4. The van der Waals surface area contributed by atoms with Crippen LogP contribution in [0.4, 0.5) is 0 Å². The van der Waals surface area contributed by atoms with Crippen LogP contribution in [0.3, 0.4) is 0 Å². The summed E-state index contributed by atoms with van der Waals surface area (Å²) in [5.74, 6) is 7.70. The summed E-state index contributed by atoms with van der Waals surface area (Å²) in [7, 11) is 0. The summed E-state index contributed by atoms with van der Waals surface area (Å²) < 4.78 is 1.94. The second kappa shape index (κ2) is 0.736. The molecule has 1 aromatic carbocycles. The molecule has 0 N–H and O–H groups in total. The predicted molar refractivity (Wildman–Crippen MR) is 77.5 cm³/mol.